The maximum absolute atomic E-state index is 11.0. The Labute approximate surface area is 107 Å². The van der Waals surface area contributed by atoms with Gasteiger partial charge >= 0.3 is 0 Å². The molecule has 0 bridgehead atoms. The molecule has 0 spiro atoms. The summed E-state index contributed by atoms with van der Waals surface area (Å²) in [5.41, 5.74) is 12.9. The molecule has 18 heavy (non-hydrogen) atoms. The van der Waals surface area contributed by atoms with Crippen molar-refractivity contribution < 1.29 is 4.92 Å². The summed E-state index contributed by atoms with van der Waals surface area (Å²) in [5, 5.41) is 11.0. The predicted molar refractivity (Wildman–Crippen MR) is 73.4 cm³/mol. The Kier molecular flexibility index (Phi) is 4.91. The van der Waals surface area contributed by atoms with E-state index in [0.29, 0.717) is 23.4 Å². The van der Waals surface area contributed by atoms with Crippen LogP contribution in [0.5, 0.6) is 0 Å². The molecule has 0 heterocycles. The number of likely N-dealkylation sites (N-methyl/N-ethyl adjacent to an activating group) is 1. The zero-order chi connectivity index (χ0) is 13.7. The number of anilines is 2. The fraction of sp³-hybridized carbons (Fsp3) is 0.500. The van der Waals surface area contributed by atoms with Crippen LogP contribution < -0.4 is 11.5 Å². The summed E-state index contributed by atoms with van der Waals surface area (Å²) in [6.45, 7) is 6.67. The average Bonchev–Trinajstić information content (AvgIpc) is 2.35. The van der Waals surface area contributed by atoms with Gasteiger partial charge in [0.25, 0.3) is 5.69 Å². The maximum atomic E-state index is 11.0. The molecule has 0 atom stereocenters. The van der Waals surface area contributed by atoms with Crippen LogP contribution in [0, 0.1) is 10.1 Å². The minimum absolute atomic E-state index is 0.0499. The Morgan fingerprint density at radius 1 is 1.28 bits per heavy atom. The minimum Gasteiger partial charge on any atom is -0.397 e. The zero-order valence-electron chi connectivity index (χ0n) is 10.8. The number of hydrogen-bond acceptors (Lipinski definition) is 5. The molecule has 0 aliphatic heterocycles. The molecule has 4 N–H and O–H groups in total. The van der Waals surface area contributed by atoms with Crippen LogP contribution in [-0.4, -0.2) is 29.5 Å². The van der Waals surface area contributed by atoms with E-state index in [2.05, 4.69) is 18.7 Å². The molecule has 0 unspecified atom stereocenters. The Balaban J connectivity index is 2.98. The average molecular weight is 252 g/mol. The van der Waals surface area contributed by atoms with Crippen molar-refractivity contribution in [1.82, 2.24) is 4.90 Å². The standard InChI is InChI=1S/C12H20N4O2/c1-3-15(4-2)8-7-9-11(16(17)18)6-5-10(13)12(9)14/h5-6H,3-4,7-8,13-14H2,1-2H3. The van der Waals surface area contributed by atoms with Gasteiger partial charge in [0.05, 0.1) is 21.9 Å². The van der Waals surface area contributed by atoms with Gasteiger partial charge in [-0.15, -0.1) is 0 Å². The van der Waals surface area contributed by atoms with Crippen molar-refractivity contribution in [3.8, 4) is 0 Å². The van der Waals surface area contributed by atoms with Gasteiger partial charge in [-0.2, -0.15) is 0 Å². The zero-order valence-corrected chi connectivity index (χ0v) is 10.8. The number of benzene rings is 1. The van der Waals surface area contributed by atoms with Crippen molar-refractivity contribution in [1.29, 1.82) is 0 Å². The summed E-state index contributed by atoms with van der Waals surface area (Å²) in [6.07, 6.45) is 0.537. The summed E-state index contributed by atoms with van der Waals surface area (Å²) < 4.78 is 0. The molecular formula is C12H20N4O2. The first kappa shape index (κ1) is 14.2. The Morgan fingerprint density at radius 3 is 2.39 bits per heavy atom. The molecule has 1 aromatic carbocycles. The third-order valence-electron chi connectivity index (χ3n) is 3.14. The smallest absolute Gasteiger partial charge is 0.274 e. The summed E-state index contributed by atoms with van der Waals surface area (Å²) in [7, 11) is 0. The number of rotatable bonds is 6. The molecular weight excluding hydrogens is 232 g/mol. The summed E-state index contributed by atoms with van der Waals surface area (Å²) >= 11 is 0. The summed E-state index contributed by atoms with van der Waals surface area (Å²) in [4.78, 5) is 12.7. The van der Waals surface area contributed by atoms with Crippen LogP contribution in [0.4, 0.5) is 17.1 Å². The van der Waals surface area contributed by atoms with Crippen LogP contribution in [0.2, 0.25) is 0 Å². The lowest BCUT2D eigenvalue weighted by Gasteiger charge is -2.18. The van der Waals surface area contributed by atoms with Gasteiger partial charge < -0.3 is 16.4 Å². The van der Waals surface area contributed by atoms with Gasteiger partial charge in [0.15, 0.2) is 0 Å². The van der Waals surface area contributed by atoms with Gasteiger partial charge in [0.1, 0.15) is 0 Å². The van der Waals surface area contributed by atoms with Crippen molar-refractivity contribution >= 4 is 17.1 Å². The minimum atomic E-state index is -0.409. The van der Waals surface area contributed by atoms with Gasteiger partial charge in [0, 0.05) is 12.6 Å². The highest BCUT2D eigenvalue weighted by Gasteiger charge is 2.18. The van der Waals surface area contributed by atoms with E-state index in [1.807, 2.05) is 0 Å². The van der Waals surface area contributed by atoms with Crippen molar-refractivity contribution in [2.45, 2.75) is 20.3 Å². The second kappa shape index (κ2) is 6.20. The normalized spacial score (nSPS) is 10.8. The second-order valence-electron chi connectivity index (χ2n) is 4.10. The molecule has 0 aromatic heterocycles. The molecule has 0 fully saturated rings. The molecule has 0 radical (unpaired) electrons. The van der Waals surface area contributed by atoms with E-state index in [0.717, 1.165) is 19.6 Å². The number of nitrogen functional groups attached to an aromatic ring is 2. The highest BCUT2D eigenvalue weighted by Crippen LogP contribution is 2.29. The predicted octanol–water partition coefficient (Wildman–Crippen LogP) is 1.64. The van der Waals surface area contributed by atoms with Crippen molar-refractivity contribution in [3.63, 3.8) is 0 Å². The summed E-state index contributed by atoms with van der Waals surface area (Å²) in [5.74, 6) is 0. The van der Waals surface area contributed by atoms with Crippen molar-refractivity contribution in [2.75, 3.05) is 31.1 Å². The maximum Gasteiger partial charge on any atom is 0.274 e. The lowest BCUT2D eigenvalue weighted by atomic mass is 10.1. The van der Waals surface area contributed by atoms with E-state index in [1.54, 1.807) is 0 Å². The second-order valence-corrected chi connectivity index (χ2v) is 4.10. The molecule has 1 rings (SSSR count). The van der Waals surface area contributed by atoms with Crippen LogP contribution in [0.1, 0.15) is 19.4 Å². The topological polar surface area (TPSA) is 98.4 Å². The van der Waals surface area contributed by atoms with Gasteiger partial charge in [-0.25, -0.2) is 0 Å². The first-order chi connectivity index (χ1) is 8.51. The summed E-state index contributed by atoms with van der Waals surface area (Å²) in [6, 6.07) is 2.90. The number of nitrogens with two attached hydrogens (primary N) is 2. The number of hydrogen-bond donors (Lipinski definition) is 2. The lowest BCUT2D eigenvalue weighted by molar-refractivity contribution is -0.385. The van der Waals surface area contributed by atoms with Crippen LogP contribution in [0.3, 0.4) is 0 Å². The molecule has 100 valence electrons. The highest BCUT2D eigenvalue weighted by molar-refractivity contribution is 5.72. The van der Waals surface area contributed by atoms with Gasteiger partial charge in [-0.1, -0.05) is 13.8 Å². The van der Waals surface area contributed by atoms with Crippen LogP contribution in [0.15, 0.2) is 12.1 Å². The number of nitro groups is 1. The van der Waals surface area contributed by atoms with Crippen LogP contribution in [0.25, 0.3) is 0 Å². The Bertz CT molecular complexity index is 430. The fourth-order valence-corrected chi connectivity index (χ4v) is 1.91. The Hall–Kier alpha value is -1.82. The third kappa shape index (κ3) is 3.10. The van der Waals surface area contributed by atoms with Crippen LogP contribution >= 0.6 is 0 Å². The number of nitrogens with zero attached hydrogens (tertiary/aromatic N) is 2. The molecule has 0 saturated heterocycles. The van der Waals surface area contributed by atoms with Crippen molar-refractivity contribution in [3.05, 3.63) is 27.8 Å². The van der Waals surface area contributed by atoms with Crippen LogP contribution in [-0.2, 0) is 6.42 Å². The fourth-order valence-electron chi connectivity index (χ4n) is 1.91. The molecule has 6 nitrogen and oxygen atoms in total. The molecule has 0 amide bonds. The van der Waals surface area contributed by atoms with E-state index < -0.39 is 4.92 Å². The number of nitro benzene ring substituents is 1. The van der Waals surface area contributed by atoms with Crippen molar-refractivity contribution in [2.24, 2.45) is 0 Å². The van der Waals surface area contributed by atoms with E-state index in [4.69, 9.17) is 11.5 Å². The molecule has 0 aliphatic rings. The first-order valence-electron chi connectivity index (χ1n) is 6.04. The lowest BCUT2D eigenvalue weighted by Crippen LogP contribution is -2.25. The first-order valence-corrected chi connectivity index (χ1v) is 6.04. The molecule has 1 aromatic rings. The Morgan fingerprint density at radius 2 is 1.89 bits per heavy atom. The SMILES string of the molecule is CCN(CC)CCc1c([N+](=O)[O-])ccc(N)c1N. The third-order valence-corrected chi connectivity index (χ3v) is 3.14. The molecule has 0 aliphatic carbocycles. The van der Waals surface area contributed by atoms with E-state index in [-0.39, 0.29) is 5.69 Å². The molecule has 6 heteroatoms. The molecule has 0 saturated carbocycles. The van der Waals surface area contributed by atoms with Gasteiger partial charge in [0.2, 0.25) is 0 Å². The highest BCUT2D eigenvalue weighted by atomic mass is 16.6. The monoisotopic (exact) mass is 252 g/mol. The van der Waals surface area contributed by atoms with E-state index in [1.165, 1.54) is 12.1 Å². The van der Waals surface area contributed by atoms with Gasteiger partial charge in [-0.3, -0.25) is 10.1 Å². The van der Waals surface area contributed by atoms with Gasteiger partial charge in [-0.05, 0) is 25.6 Å². The van der Waals surface area contributed by atoms with E-state index in [9.17, 15) is 10.1 Å². The quantitative estimate of drug-likeness (QED) is 0.455. The largest absolute Gasteiger partial charge is 0.397 e. The van der Waals surface area contributed by atoms with E-state index >= 15 is 0 Å².